The maximum absolute atomic E-state index is 9.29. The van der Waals surface area contributed by atoms with Crippen LogP contribution in [-0.4, -0.2) is 64.4 Å². The van der Waals surface area contributed by atoms with Crippen molar-refractivity contribution in [2.45, 2.75) is 45.1 Å². The van der Waals surface area contributed by atoms with Crippen molar-refractivity contribution in [1.82, 2.24) is 20.0 Å². The van der Waals surface area contributed by atoms with Gasteiger partial charge in [0.05, 0.1) is 6.04 Å². The van der Waals surface area contributed by atoms with Gasteiger partial charge in [-0.2, -0.15) is 0 Å². The van der Waals surface area contributed by atoms with Crippen LogP contribution in [-0.2, 0) is 6.42 Å². The minimum atomic E-state index is 0.198. The van der Waals surface area contributed by atoms with Gasteiger partial charge < -0.3 is 14.4 Å². The Bertz CT molecular complexity index is 740. The van der Waals surface area contributed by atoms with E-state index in [4.69, 9.17) is 4.42 Å². The third-order valence-electron chi connectivity index (χ3n) is 6.51. The molecule has 1 aromatic heterocycles. The Morgan fingerprint density at radius 3 is 2.61 bits per heavy atom. The van der Waals surface area contributed by atoms with Gasteiger partial charge in [-0.1, -0.05) is 30.3 Å². The summed E-state index contributed by atoms with van der Waals surface area (Å²) in [4.78, 5) is 5.07. The fraction of sp³-hybridized carbons (Fsp3) is 0.636. The van der Waals surface area contributed by atoms with Crippen molar-refractivity contribution in [1.29, 1.82) is 0 Å². The monoisotopic (exact) mass is 384 g/mol. The Balaban J connectivity index is 1.36. The first-order valence-corrected chi connectivity index (χ1v) is 10.6. The summed E-state index contributed by atoms with van der Waals surface area (Å²) in [5, 5.41) is 17.6. The van der Waals surface area contributed by atoms with E-state index in [1.54, 1.807) is 0 Å². The van der Waals surface area contributed by atoms with E-state index < -0.39 is 0 Å². The van der Waals surface area contributed by atoms with Crippen LogP contribution < -0.4 is 0 Å². The van der Waals surface area contributed by atoms with Crippen LogP contribution in [0.15, 0.2) is 34.7 Å². The zero-order chi connectivity index (χ0) is 19.4. The molecule has 0 saturated carbocycles. The minimum Gasteiger partial charge on any atom is -0.424 e. The first-order valence-electron chi connectivity index (χ1n) is 10.6. The molecule has 2 fully saturated rings. The molecule has 3 heterocycles. The van der Waals surface area contributed by atoms with Gasteiger partial charge in [-0.3, -0.25) is 4.90 Å². The van der Waals surface area contributed by atoms with Crippen LogP contribution in [0, 0.1) is 12.3 Å². The molecule has 2 aliphatic heterocycles. The topological polar surface area (TPSA) is 65.6 Å². The van der Waals surface area contributed by atoms with Crippen LogP contribution in [0.4, 0.5) is 0 Å². The Labute approximate surface area is 167 Å². The maximum Gasteiger partial charge on any atom is 0.233 e. The molecule has 1 unspecified atom stereocenters. The molecule has 1 atom stereocenters. The molecule has 1 aromatic carbocycles. The molecule has 4 rings (SSSR count). The molecule has 2 saturated heterocycles. The summed E-state index contributed by atoms with van der Waals surface area (Å²) in [6, 6.07) is 11.0. The van der Waals surface area contributed by atoms with Crippen LogP contribution in [0.1, 0.15) is 49.1 Å². The Hall–Kier alpha value is -1.76. The average Bonchev–Trinajstić information content (AvgIpc) is 3.30. The van der Waals surface area contributed by atoms with Gasteiger partial charge in [0, 0.05) is 33.2 Å². The third-order valence-corrected chi connectivity index (χ3v) is 6.51. The van der Waals surface area contributed by atoms with E-state index in [1.165, 1.54) is 18.4 Å². The number of likely N-dealkylation sites (tertiary alicyclic amines) is 2. The summed E-state index contributed by atoms with van der Waals surface area (Å²) in [7, 11) is 0. The number of piperidine rings is 1. The standard InChI is InChI=1S/C22H32N4O2/c1-18-23-24-21(28-18)20-16-22(17-26(20)11-5-15-27)9-13-25(14-10-22)12-8-19-6-3-2-4-7-19/h2-4,6-7,20,27H,5,8-17H2,1H3. The first kappa shape index (κ1) is 19.6. The molecule has 152 valence electrons. The van der Waals surface area contributed by atoms with Gasteiger partial charge in [0.1, 0.15) is 0 Å². The van der Waals surface area contributed by atoms with Crippen molar-refractivity contribution in [3.8, 4) is 0 Å². The van der Waals surface area contributed by atoms with Crippen LogP contribution >= 0.6 is 0 Å². The second-order valence-electron chi connectivity index (χ2n) is 8.50. The fourth-order valence-electron chi connectivity index (χ4n) is 4.89. The number of aryl methyl sites for hydroxylation is 1. The number of rotatable bonds is 7. The fourth-order valence-corrected chi connectivity index (χ4v) is 4.89. The van der Waals surface area contributed by atoms with Crippen LogP contribution in [0.5, 0.6) is 0 Å². The van der Waals surface area contributed by atoms with Crippen molar-refractivity contribution in [2.24, 2.45) is 5.41 Å². The average molecular weight is 385 g/mol. The minimum absolute atomic E-state index is 0.198. The van der Waals surface area contributed by atoms with Gasteiger partial charge in [-0.25, -0.2) is 0 Å². The number of nitrogens with zero attached hydrogens (tertiary/aromatic N) is 4. The summed E-state index contributed by atoms with van der Waals surface area (Å²) in [5.41, 5.74) is 1.76. The highest BCUT2D eigenvalue weighted by Gasteiger charge is 2.47. The largest absolute Gasteiger partial charge is 0.424 e. The van der Waals surface area contributed by atoms with E-state index >= 15 is 0 Å². The van der Waals surface area contributed by atoms with Crippen molar-refractivity contribution in [2.75, 3.05) is 39.3 Å². The Morgan fingerprint density at radius 1 is 1.14 bits per heavy atom. The number of aliphatic hydroxyl groups excluding tert-OH is 1. The van der Waals surface area contributed by atoms with E-state index in [2.05, 4.69) is 50.3 Å². The highest BCUT2D eigenvalue weighted by Crippen LogP contribution is 2.48. The molecule has 0 bridgehead atoms. The lowest BCUT2D eigenvalue weighted by Crippen LogP contribution is -2.42. The SMILES string of the molecule is Cc1nnc(C2CC3(CCN(CCc4ccccc4)CC3)CN2CCCO)o1. The number of hydrogen-bond donors (Lipinski definition) is 1. The summed E-state index contributed by atoms with van der Waals surface area (Å²) in [5.74, 6) is 1.38. The van der Waals surface area contributed by atoms with Crippen LogP contribution in [0.25, 0.3) is 0 Å². The molecule has 2 aliphatic rings. The predicted molar refractivity (Wildman–Crippen MR) is 108 cm³/mol. The number of hydrogen-bond acceptors (Lipinski definition) is 6. The van der Waals surface area contributed by atoms with Crippen molar-refractivity contribution >= 4 is 0 Å². The molecule has 0 aliphatic carbocycles. The van der Waals surface area contributed by atoms with Gasteiger partial charge in [0.15, 0.2) is 0 Å². The van der Waals surface area contributed by atoms with E-state index in [1.807, 2.05) is 6.92 Å². The molecular formula is C22H32N4O2. The van der Waals surface area contributed by atoms with Crippen molar-refractivity contribution in [3.63, 3.8) is 0 Å². The van der Waals surface area contributed by atoms with Crippen LogP contribution in [0.3, 0.4) is 0 Å². The molecule has 1 N–H and O–H groups in total. The molecular weight excluding hydrogens is 352 g/mol. The normalized spacial score (nSPS) is 22.9. The first-order chi connectivity index (χ1) is 13.7. The van der Waals surface area contributed by atoms with Gasteiger partial charge >= 0.3 is 0 Å². The lowest BCUT2D eigenvalue weighted by Gasteiger charge is -2.39. The lowest BCUT2D eigenvalue weighted by atomic mass is 9.76. The smallest absolute Gasteiger partial charge is 0.233 e. The quantitative estimate of drug-likeness (QED) is 0.792. The van der Waals surface area contributed by atoms with E-state index in [0.29, 0.717) is 11.3 Å². The van der Waals surface area contributed by atoms with Gasteiger partial charge in [0.25, 0.3) is 0 Å². The highest BCUT2D eigenvalue weighted by molar-refractivity contribution is 5.15. The molecule has 2 aromatic rings. The summed E-state index contributed by atoms with van der Waals surface area (Å²) < 4.78 is 5.78. The molecule has 1 spiro atoms. The van der Waals surface area contributed by atoms with Gasteiger partial charge in [-0.15, -0.1) is 10.2 Å². The van der Waals surface area contributed by atoms with Crippen molar-refractivity contribution < 1.29 is 9.52 Å². The zero-order valence-corrected chi connectivity index (χ0v) is 16.9. The Morgan fingerprint density at radius 2 is 1.93 bits per heavy atom. The number of benzene rings is 1. The summed E-state index contributed by atoms with van der Waals surface area (Å²) >= 11 is 0. The summed E-state index contributed by atoms with van der Waals surface area (Å²) in [6.45, 7) is 7.51. The lowest BCUT2D eigenvalue weighted by molar-refractivity contribution is 0.107. The molecule has 0 radical (unpaired) electrons. The van der Waals surface area contributed by atoms with E-state index in [0.717, 1.165) is 57.9 Å². The second kappa shape index (κ2) is 8.72. The molecule has 6 nitrogen and oxygen atoms in total. The summed E-state index contributed by atoms with van der Waals surface area (Å²) in [6.07, 6.45) is 5.46. The number of aliphatic hydroxyl groups is 1. The van der Waals surface area contributed by atoms with Gasteiger partial charge in [-0.05, 0) is 56.2 Å². The zero-order valence-electron chi connectivity index (χ0n) is 16.9. The Kier molecular flexibility index (Phi) is 6.09. The van der Waals surface area contributed by atoms with Crippen LogP contribution in [0.2, 0.25) is 0 Å². The van der Waals surface area contributed by atoms with Gasteiger partial charge in [0.2, 0.25) is 11.8 Å². The molecule has 6 heteroatoms. The van der Waals surface area contributed by atoms with E-state index in [9.17, 15) is 5.11 Å². The molecule has 28 heavy (non-hydrogen) atoms. The molecule has 0 amide bonds. The van der Waals surface area contributed by atoms with Crippen molar-refractivity contribution in [3.05, 3.63) is 47.7 Å². The highest BCUT2D eigenvalue weighted by atomic mass is 16.4. The number of aromatic nitrogens is 2. The third kappa shape index (κ3) is 4.45. The maximum atomic E-state index is 9.29. The predicted octanol–water partition coefficient (Wildman–Crippen LogP) is 2.83. The second-order valence-corrected chi connectivity index (χ2v) is 8.50. The van der Waals surface area contributed by atoms with E-state index in [-0.39, 0.29) is 12.6 Å².